The Hall–Kier alpha value is -1.09. The van der Waals surface area contributed by atoms with Gasteiger partial charge in [0.15, 0.2) is 5.96 Å². The molecule has 166 valence electrons. The molecule has 0 amide bonds. The Labute approximate surface area is 195 Å². The van der Waals surface area contributed by atoms with E-state index in [0.717, 1.165) is 44.5 Å². The number of rotatable bonds is 10. The summed E-state index contributed by atoms with van der Waals surface area (Å²) < 4.78 is 0. The number of likely N-dealkylation sites (N-methyl/N-ethyl adjacent to an activating group) is 1. The van der Waals surface area contributed by atoms with Gasteiger partial charge in [-0.15, -0.1) is 24.0 Å². The summed E-state index contributed by atoms with van der Waals surface area (Å²) in [5.41, 5.74) is 1.21. The first-order valence-electron chi connectivity index (χ1n) is 11.1. The van der Waals surface area contributed by atoms with Crippen molar-refractivity contribution in [2.75, 3.05) is 44.7 Å². The zero-order valence-electron chi connectivity index (χ0n) is 18.8. The molecular weight excluding hydrogens is 475 g/mol. The normalized spacial score (nSPS) is 16.3. The van der Waals surface area contributed by atoms with E-state index in [0.29, 0.717) is 12.6 Å². The summed E-state index contributed by atoms with van der Waals surface area (Å²) in [5.74, 6) is 1.98. The minimum Gasteiger partial charge on any atom is -0.357 e. The zero-order chi connectivity index (χ0) is 20.2. The number of halogens is 1. The summed E-state index contributed by atoms with van der Waals surface area (Å²) >= 11 is 0. The third-order valence-electron chi connectivity index (χ3n) is 5.27. The fraction of sp³-hybridized carbons (Fsp3) is 0.727. The molecular formula is C22H41IN6. The highest BCUT2D eigenvalue weighted by Gasteiger charge is 2.15. The van der Waals surface area contributed by atoms with Crippen molar-refractivity contribution in [2.45, 2.75) is 65.5 Å². The number of hydrogen-bond acceptors (Lipinski definition) is 4. The molecule has 7 heteroatoms. The van der Waals surface area contributed by atoms with Crippen LogP contribution in [0, 0.1) is 0 Å². The molecule has 0 bridgehead atoms. The lowest BCUT2D eigenvalue weighted by molar-refractivity contribution is 0.312. The summed E-state index contributed by atoms with van der Waals surface area (Å²) in [6.45, 7) is 12.4. The van der Waals surface area contributed by atoms with Crippen LogP contribution in [0.1, 0.15) is 58.4 Å². The second-order valence-corrected chi connectivity index (χ2v) is 7.90. The number of piperazine rings is 1. The van der Waals surface area contributed by atoms with E-state index in [2.05, 4.69) is 65.4 Å². The number of anilines is 1. The number of unbranched alkanes of at least 4 members (excludes halogenated alkanes) is 3. The van der Waals surface area contributed by atoms with E-state index in [1.165, 1.54) is 37.7 Å². The lowest BCUT2D eigenvalue weighted by Crippen LogP contribution is -2.44. The maximum absolute atomic E-state index is 4.81. The van der Waals surface area contributed by atoms with Gasteiger partial charge in [0.05, 0.1) is 6.54 Å². The molecule has 0 radical (unpaired) electrons. The van der Waals surface area contributed by atoms with Crippen LogP contribution in [-0.4, -0.2) is 61.7 Å². The van der Waals surface area contributed by atoms with E-state index in [-0.39, 0.29) is 24.0 Å². The molecule has 0 aromatic carbocycles. The molecule has 1 atom stereocenters. The summed E-state index contributed by atoms with van der Waals surface area (Å²) in [6.07, 6.45) is 8.32. The Morgan fingerprint density at radius 2 is 1.93 bits per heavy atom. The first kappa shape index (κ1) is 25.9. The number of nitrogens with one attached hydrogen (secondary N) is 2. The van der Waals surface area contributed by atoms with Crippen LogP contribution in [0.2, 0.25) is 0 Å². The molecule has 1 aliphatic rings. The van der Waals surface area contributed by atoms with Crippen LogP contribution in [0.5, 0.6) is 0 Å². The van der Waals surface area contributed by atoms with Crippen molar-refractivity contribution in [1.82, 2.24) is 20.5 Å². The average molecular weight is 517 g/mol. The fourth-order valence-electron chi connectivity index (χ4n) is 3.44. The highest BCUT2D eigenvalue weighted by Crippen LogP contribution is 2.15. The second-order valence-electron chi connectivity index (χ2n) is 7.90. The van der Waals surface area contributed by atoms with Crippen molar-refractivity contribution in [2.24, 2.45) is 4.99 Å². The molecule has 0 saturated carbocycles. The van der Waals surface area contributed by atoms with E-state index < -0.39 is 0 Å². The third-order valence-corrected chi connectivity index (χ3v) is 5.27. The SMILES string of the molecule is CCCCCCC(C)NC(=NCc1ccnc(N2CCN(C)CC2)c1)NCC.I. The van der Waals surface area contributed by atoms with Gasteiger partial charge in [0.2, 0.25) is 0 Å². The van der Waals surface area contributed by atoms with Gasteiger partial charge in [-0.05, 0) is 45.0 Å². The molecule has 2 rings (SSSR count). The van der Waals surface area contributed by atoms with Gasteiger partial charge in [-0.2, -0.15) is 0 Å². The lowest BCUT2D eigenvalue weighted by Gasteiger charge is -2.33. The summed E-state index contributed by atoms with van der Waals surface area (Å²) in [6, 6.07) is 4.70. The van der Waals surface area contributed by atoms with Crippen molar-refractivity contribution >= 4 is 35.8 Å². The van der Waals surface area contributed by atoms with Crippen LogP contribution in [0.4, 0.5) is 5.82 Å². The second kappa shape index (κ2) is 14.8. The van der Waals surface area contributed by atoms with E-state index >= 15 is 0 Å². The molecule has 29 heavy (non-hydrogen) atoms. The predicted molar refractivity (Wildman–Crippen MR) is 136 cm³/mol. The number of aromatic nitrogens is 1. The predicted octanol–water partition coefficient (Wildman–Crippen LogP) is 3.87. The van der Waals surface area contributed by atoms with E-state index in [1.807, 2.05) is 6.20 Å². The number of hydrogen-bond donors (Lipinski definition) is 2. The summed E-state index contributed by atoms with van der Waals surface area (Å²) in [4.78, 5) is 14.1. The molecule has 2 N–H and O–H groups in total. The van der Waals surface area contributed by atoms with Gasteiger partial charge >= 0.3 is 0 Å². The minimum absolute atomic E-state index is 0. The summed E-state index contributed by atoms with van der Waals surface area (Å²) in [5, 5.41) is 6.93. The minimum atomic E-state index is 0. The summed E-state index contributed by atoms with van der Waals surface area (Å²) in [7, 11) is 2.18. The molecule has 1 aromatic rings. The molecule has 6 nitrogen and oxygen atoms in total. The van der Waals surface area contributed by atoms with Gasteiger partial charge < -0.3 is 20.4 Å². The Kier molecular flexibility index (Phi) is 13.3. The van der Waals surface area contributed by atoms with Gasteiger partial charge in [0.25, 0.3) is 0 Å². The van der Waals surface area contributed by atoms with Crippen LogP contribution in [0.15, 0.2) is 23.3 Å². The van der Waals surface area contributed by atoms with Crippen LogP contribution in [-0.2, 0) is 6.54 Å². The van der Waals surface area contributed by atoms with Crippen molar-refractivity contribution < 1.29 is 0 Å². The molecule has 2 heterocycles. The van der Waals surface area contributed by atoms with Gasteiger partial charge in [0.1, 0.15) is 5.82 Å². The molecule has 1 unspecified atom stereocenters. The van der Waals surface area contributed by atoms with Crippen molar-refractivity contribution in [1.29, 1.82) is 0 Å². The fourth-order valence-corrected chi connectivity index (χ4v) is 3.44. The largest absolute Gasteiger partial charge is 0.357 e. The standard InChI is InChI=1S/C22H40N6.HI/c1-5-7-8-9-10-19(3)26-22(23-6-2)25-18-20-11-12-24-21(17-20)28-15-13-27(4)14-16-28;/h11-12,17,19H,5-10,13-16,18H2,1-4H3,(H2,23,25,26);1H. The molecule has 0 spiro atoms. The topological polar surface area (TPSA) is 55.8 Å². The Bertz CT molecular complexity index is 586. The van der Waals surface area contributed by atoms with Gasteiger partial charge in [0, 0.05) is 45.0 Å². The monoisotopic (exact) mass is 516 g/mol. The van der Waals surface area contributed by atoms with Crippen molar-refractivity contribution in [3.8, 4) is 0 Å². The van der Waals surface area contributed by atoms with Gasteiger partial charge in [-0.3, -0.25) is 0 Å². The van der Waals surface area contributed by atoms with Crippen LogP contribution < -0.4 is 15.5 Å². The molecule has 1 saturated heterocycles. The Morgan fingerprint density at radius 1 is 1.17 bits per heavy atom. The maximum Gasteiger partial charge on any atom is 0.191 e. The third kappa shape index (κ3) is 9.98. The Morgan fingerprint density at radius 3 is 2.62 bits per heavy atom. The number of aliphatic imine (C=N–C) groups is 1. The first-order chi connectivity index (χ1) is 13.6. The highest BCUT2D eigenvalue weighted by atomic mass is 127. The van der Waals surface area contributed by atoms with Crippen LogP contribution in [0.25, 0.3) is 0 Å². The van der Waals surface area contributed by atoms with E-state index in [4.69, 9.17) is 4.99 Å². The lowest BCUT2D eigenvalue weighted by atomic mass is 10.1. The van der Waals surface area contributed by atoms with E-state index in [9.17, 15) is 0 Å². The van der Waals surface area contributed by atoms with Gasteiger partial charge in [-0.25, -0.2) is 9.98 Å². The van der Waals surface area contributed by atoms with Gasteiger partial charge in [-0.1, -0.05) is 32.6 Å². The van der Waals surface area contributed by atoms with E-state index in [1.54, 1.807) is 0 Å². The van der Waals surface area contributed by atoms with Crippen LogP contribution >= 0.6 is 24.0 Å². The van der Waals surface area contributed by atoms with Crippen molar-refractivity contribution in [3.63, 3.8) is 0 Å². The number of nitrogens with zero attached hydrogens (tertiary/aromatic N) is 4. The average Bonchev–Trinajstić information content (AvgIpc) is 2.70. The smallest absolute Gasteiger partial charge is 0.191 e. The molecule has 1 aromatic heterocycles. The zero-order valence-corrected chi connectivity index (χ0v) is 21.1. The number of pyridine rings is 1. The molecule has 1 fully saturated rings. The first-order valence-corrected chi connectivity index (χ1v) is 11.1. The quantitative estimate of drug-likeness (QED) is 0.214. The van der Waals surface area contributed by atoms with Crippen LogP contribution in [0.3, 0.4) is 0 Å². The highest BCUT2D eigenvalue weighted by molar-refractivity contribution is 14.0. The maximum atomic E-state index is 4.81. The number of guanidine groups is 1. The Balaban J connectivity index is 0.00000420. The molecule has 0 aliphatic carbocycles. The molecule has 1 aliphatic heterocycles. The van der Waals surface area contributed by atoms with Crippen molar-refractivity contribution in [3.05, 3.63) is 23.9 Å².